The minimum Gasteiger partial charge on any atom is -0.396 e. The molecule has 0 aromatic rings. The molecular weight excluding hydrogens is 111 g/mol. The van der Waals surface area contributed by atoms with Crippen molar-refractivity contribution < 1.29 is 14.6 Å². The SMILES string of the molecule is OCCC[C@H](F)CO. The number of aliphatic hydroxyl groups excluding tert-OH is 2. The quantitative estimate of drug-likeness (QED) is 0.554. The average Bonchev–Trinajstić information content (AvgIpc) is 1.83. The monoisotopic (exact) mass is 122 g/mol. The maximum absolute atomic E-state index is 12.0. The molecule has 1 atom stereocenters. The van der Waals surface area contributed by atoms with Crippen LogP contribution in [0.4, 0.5) is 4.39 Å². The Morgan fingerprint density at radius 1 is 1.38 bits per heavy atom. The zero-order valence-corrected chi connectivity index (χ0v) is 4.68. The summed E-state index contributed by atoms with van der Waals surface area (Å²) in [5, 5.41) is 16.3. The fraction of sp³-hybridized carbons (Fsp3) is 1.00. The molecular formula is C5H11FO2. The van der Waals surface area contributed by atoms with Crippen LogP contribution in [0.5, 0.6) is 0 Å². The molecule has 0 aromatic heterocycles. The van der Waals surface area contributed by atoms with E-state index in [2.05, 4.69) is 0 Å². The maximum Gasteiger partial charge on any atom is 0.123 e. The molecule has 0 bridgehead atoms. The van der Waals surface area contributed by atoms with Gasteiger partial charge in [0.2, 0.25) is 0 Å². The van der Waals surface area contributed by atoms with Crippen LogP contribution in [-0.2, 0) is 0 Å². The molecule has 0 amide bonds. The first-order chi connectivity index (χ1) is 3.81. The molecule has 0 saturated carbocycles. The number of hydrogen-bond acceptors (Lipinski definition) is 2. The van der Waals surface area contributed by atoms with Gasteiger partial charge in [-0.3, -0.25) is 0 Å². The van der Waals surface area contributed by atoms with Crippen molar-refractivity contribution >= 4 is 0 Å². The van der Waals surface area contributed by atoms with Gasteiger partial charge in [0.15, 0.2) is 0 Å². The molecule has 2 N–H and O–H groups in total. The first-order valence-electron chi connectivity index (χ1n) is 2.67. The van der Waals surface area contributed by atoms with E-state index < -0.39 is 12.8 Å². The predicted molar refractivity (Wildman–Crippen MR) is 28.3 cm³/mol. The first-order valence-corrected chi connectivity index (χ1v) is 2.67. The van der Waals surface area contributed by atoms with Gasteiger partial charge in [0.1, 0.15) is 6.17 Å². The van der Waals surface area contributed by atoms with Gasteiger partial charge in [0.05, 0.1) is 6.61 Å². The Bertz CT molecular complexity index is 49.7. The van der Waals surface area contributed by atoms with Gasteiger partial charge in [0, 0.05) is 6.61 Å². The summed E-state index contributed by atoms with van der Waals surface area (Å²) in [4.78, 5) is 0. The Labute approximate surface area is 48.0 Å². The largest absolute Gasteiger partial charge is 0.396 e. The van der Waals surface area contributed by atoms with Crippen LogP contribution in [0.3, 0.4) is 0 Å². The molecule has 0 aliphatic rings. The van der Waals surface area contributed by atoms with Crippen molar-refractivity contribution in [1.82, 2.24) is 0 Å². The second kappa shape index (κ2) is 5.00. The number of aliphatic hydroxyl groups is 2. The number of rotatable bonds is 4. The van der Waals surface area contributed by atoms with Gasteiger partial charge in [-0.15, -0.1) is 0 Å². The molecule has 0 rings (SSSR count). The van der Waals surface area contributed by atoms with Gasteiger partial charge in [-0.1, -0.05) is 0 Å². The zero-order valence-electron chi connectivity index (χ0n) is 4.68. The third-order valence-electron chi connectivity index (χ3n) is 0.874. The topological polar surface area (TPSA) is 40.5 Å². The molecule has 0 fully saturated rings. The molecule has 0 saturated heterocycles. The number of alkyl halides is 1. The molecule has 8 heavy (non-hydrogen) atoms. The van der Waals surface area contributed by atoms with E-state index in [0.29, 0.717) is 6.42 Å². The summed E-state index contributed by atoms with van der Waals surface area (Å²) >= 11 is 0. The fourth-order valence-corrected chi connectivity index (χ4v) is 0.404. The number of hydrogen-bond donors (Lipinski definition) is 2. The van der Waals surface area contributed by atoms with Gasteiger partial charge in [-0.25, -0.2) is 4.39 Å². The third kappa shape index (κ3) is 4.02. The van der Waals surface area contributed by atoms with Crippen LogP contribution in [0.2, 0.25) is 0 Å². The minimum atomic E-state index is -1.15. The summed E-state index contributed by atoms with van der Waals surface area (Å²) in [5.41, 5.74) is 0. The van der Waals surface area contributed by atoms with Crippen molar-refractivity contribution in [3.63, 3.8) is 0 Å². The van der Waals surface area contributed by atoms with Crippen LogP contribution in [-0.4, -0.2) is 29.6 Å². The minimum absolute atomic E-state index is 0.000417. The van der Waals surface area contributed by atoms with Crippen LogP contribution < -0.4 is 0 Å². The van der Waals surface area contributed by atoms with Gasteiger partial charge in [-0.05, 0) is 12.8 Å². The lowest BCUT2D eigenvalue weighted by Gasteiger charge is -1.99. The molecule has 3 heteroatoms. The lowest BCUT2D eigenvalue weighted by molar-refractivity contribution is 0.158. The second-order valence-corrected chi connectivity index (χ2v) is 1.65. The van der Waals surface area contributed by atoms with Crippen LogP contribution in [0.25, 0.3) is 0 Å². The van der Waals surface area contributed by atoms with Gasteiger partial charge >= 0.3 is 0 Å². The van der Waals surface area contributed by atoms with Crippen LogP contribution in [0.15, 0.2) is 0 Å². The van der Waals surface area contributed by atoms with Crippen molar-refractivity contribution in [3.05, 3.63) is 0 Å². The van der Waals surface area contributed by atoms with E-state index in [9.17, 15) is 4.39 Å². The molecule has 0 aromatic carbocycles. The lowest BCUT2D eigenvalue weighted by atomic mass is 10.2. The van der Waals surface area contributed by atoms with Crippen LogP contribution in [0.1, 0.15) is 12.8 Å². The van der Waals surface area contributed by atoms with Crippen LogP contribution in [0, 0.1) is 0 Å². The van der Waals surface area contributed by atoms with E-state index in [0.717, 1.165) is 0 Å². The summed E-state index contributed by atoms with van der Waals surface area (Å²) in [6.07, 6.45) is -0.462. The van der Waals surface area contributed by atoms with E-state index in [1.165, 1.54) is 0 Å². The highest BCUT2D eigenvalue weighted by atomic mass is 19.1. The summed E-state index contributed by atoms with van der Waals surface area (Å²) in [5.74, 6) is 0. The maximum atomic E-state index is 12.0. The standard InChI is InChI=1S/C5H11FO2/c6-5(4-8)2-1-3-7/h5,7-8H,1-4H2/t5-/m0/s1. The molecule has 0 spiro atoms. The van der Waals surface area contributed by atoms with Crippen molar-refractivity contribution in [1.29, 1.82) is 0 Å². The fourth-order valence-electron chi connectivity index (χ4n) is 0.404. The Hall–Kier alpha value is -0.150. The van der Waals surface area contributed by atoms with Crippen LogP contribution >= 0.6 is 0 Å². The summed E-state index contributed by atoms with van der Waals surface area (Å²) in [6.45, 7) is -0.430. The van der Waals surface area contributed by atoms with Gasteiger partial charge < -0.3 is 10.2 Å². The van der Waals surface area contributed by atoms with Crippen molar-refractivity contribution in [2.75, 3.05) is 13.2 Å². The van der Waals surface area contributed by atoms with Crippen molar-refractivity contribution in [2.24, 2.45) is 0 Å². The molecule has 0 heterocycles. The summed E-state index contributed by atoms with van der Waals surface area (Å²) in [7, 11) is 0. The highest BCUT2D eigenvalue weighted by Gasteiger charge is 2.01. The first kappa shape index (κ1) is 7.85. The van der Waals surface area contributed by atoms with E-state index >= 15 is 0 Å². The normalized spacial score (nSPS) is 13.9. The molecule has 0 aliphatic heterocycles. The second-order valence-electron chi connectivity index (χ2n) is 1.65. The van der Waals surface area contributed by atoms with Gasteiger partial charge in [0.25, 0.3) is 0 Å². The van der Waals surface area contributed by atoms with Gasteiger partial charge in [-0.2, -0.15) is 0 Å². The molecule has 0 radical (unpaired) electrons. The summed E-state index contributed by atoms with van der Waals surface area (Å²) in [6, 6.07) is 0. The molecule has 50 valence electrons. The Morgan fingerprint density at radius 3 is 2.38 bits per heavy atom. The Kier molecular flexibility index (Phi) is 4.90. The average molecular weight is 122 g/mol. The highest BCUT2D eigenvalue weighted by molar-refractivity contribution is 4.51. The van der Waals surface area contributed by atoms with E-state index in [1.807, 2.05) is 0 Å². The lowest BCUT2D eigenvalue weighted by Crippen LogP contribution is -2.05. The zero-order chi connectivity index (χ0) is 6.41. The predicted octanol–water partition coefficient (Wildman–Crippen LogP) is 0.0893. The van der Waals surface area contributed by atoms with E-state index in [-0.39, 0.29) is 13.0 Å². The third-order valence-corrected chi connectivity index (χ3v) is 0.874. The highest BCUT2D eigenvalue weighted by Crippen LogP contribution is 1.98. The van der Waals surface area contributed by atoms with E-state index in [4.69, 9.17) is 10.2 Å². The van der Waals surface area contributed by atoms with E-state index in [1.54, 1.807) is 0 Å². The Balaban J connectivity index is 2.86. The van der Waals surface area contributed by atoms with Crippen molar-refractivity contribution in [2.45, 2.75) is 19.0 Å². The molecule has 0 aliphatic carbocycles. The molecule has 0 unspecified atom stereocenters. The Morgan fingerprint density at radius 2 is 2.00 bits per heavy atom. The summed E-state index contributed by atoms with van der Waals surface area (Å²) < 4.78 is 12.0. The van der Waals surface area contributed by atoms with Crippen molar-refractivity contribution in [3.8, 4) is 0 Å². The molecule has 2 nitrogen and oxygen atoms in total. The number of halogens is 1. The smallest absolute Gasteiger partial charge is 0.123 e.